The van der Waals surface area contributed by atoms with Gasteiger partial charge in [-0.15, -0.1) is 5.73 Å². The first kappa shape index (κ1) is 7.85. The molecule has 0 aromatic rings. The number of hydrogen-bond donors (Lipinski definition) is 1. The molecule has 0 spiro atoms. The molecule has 1 unspecified atom stereocenters. The summed E-state index contributed by atoms with van der Waals surface area (Å²) in [6.07, 6.45) is 6.07. The Labute approximate surface area is 73.1 Å². The number of allylic oxidation sites excluding steroid dienone is 2. The predicted octanol–water partition coefficient (Wildman–Crippen LogP) is 2.33. The molecule has 12 heavy (non-hydrogen) atoms. The van der Waals surface area contributed by atoms with Gasteiger partial charge in [-0.05, 0) is 36.8 Å². The predicted molar refractivity (Wildman–Crippen MR) is 48.8 cm³/mol. The van der Waals surface area contributed by atoms with E-state index in [2.05, 4.69) is 11.8 Å². The van der Waals surface area contributed by atoms with Crippen LogP contribution in [-0.4, -0.2) is 11.2 Å². The van der Waals surface area contributed by atoms with Crippen LogP contribution in [0, 0.1) is 0 Å². The van der Waals surface area contributed by atoms with Gasteiger partial charge in [-0.1, -0.05) is 13.0 Å². The zero-order valence-electron chi connectivity index (χ0n) is 7.43. The van der Waals surface area contributed by atoms with Gasteiger partial charge in [0.2, 0.25) is 0 Å². The molecule has 0 amide bonds. The second kappa shape index (κ2) is 2.93. The van der Waals surface area contributed by atoms with E-state index < -0.39 is 0 Å². The monoisotopic (exact) mass is 162 g/mol. The third-order valence-corrected chi connectivity index (χ3v) is 2.70. The Kier molecular flexibility index (Phi) is 1.92. The molecule has 0 bridgehead atoms. The first-order valence-electron chi connectivity index (χ1n) is 4.67. The topological polar surface area (TPSA) is 20.2 Å². The van der Waals surface area contributed by atoms with Gasteiger partial charge in [0.25, 0.3) is 0 Å². The van der Waals surface area contributed by atoms with Gasteiger partial charge >= 0.3 is 0 Å². The molecule has 1 nitrogen and oxygen atoms in total. The minimum Gasteiger partial charge on any atom is -0.388 e. The summed E-state index contributed by atoms with van der Waals surface area (Å²) in [7, 11) is 0. The second-order valence-corrected chi connectivity index (χ2v) is 3.49. The minimum atomic E-state index is -0.268. The highest BCUT2D eigenvalue weighted by Gasteiger charge is 2.20. The number of rotatable bonds is 2. The summed E-state index contributed by atoms with van der Waals surface area (Å²) in [5.74, 6) is 0. The maximum absolute atomic E-state index is 9.57. The van der Waals surface area contributed by atoms with Crippen molar-refractivity contribution in [1.82, 2.24) is 0 Å². The van der Waals surface area contributed by atoms with E-state index in [4.69, 9.17) is 0 Å². The lowest BCUT2D eigenvalue weighted by Crippen LogP contribution is -2.12. The average Bonchev–Trinajstić information content (AvgIpc) is 2.06. The highest BCUT2D eigenvalue weighted by atomic mass is 16.3. The fraction of sp³-hybridized carbons (Fsp3) is 0.545. The van der Waals surface area contributed by atoms with Crippen LogP contribution in [0.1, 0.15) is 32.6 Å². The van der Waals surface area contributed by atoms with Crippen molar-refractivity contribution < 1.29 is 5.11 Å². The van der Waals surface area contributed by atoms with Gasteiger partial charge in [-0.3, -0.25) is 0 Å². The van der Waals surface area contributed by atoms with E-state index in [1.165, 1.54) is 17.6 Å². The normalized spacial score (nSPS) is 23.0. The summed E-state index contributed by atoms with van der Waals surface area (Å²) in [4.78, 5) is 0. The van der Waals surface area contributed by atoms with Crippen LogP contribution in [0.3, 0.4) is 0 Å². The van der Waals surface area contributed by atoms with E-state index in [0.29, 0.717) is 0 Å². The molecule has 1 saturated carbocycles. The molecule has 1 N–H and O–H groups in total. The summed E-state index contributed by atoms with van der Waals surface area (Å²) < 4.78 is 0. The van der Waals surface area contributed by atoms with Crippen LogP contribution in [0.5, 0.6) is 0 Å². The Morgan fingerprint density at radius 3 is 2.92 bits per heavy atom. The van der Waals surface area contributed by atoms with Crippen molar-refractivity contribution in [1.29, 1.82) is 0 Å². The van der Waals surface area contributed by atoms with E-state index in [1.807, 2.05) is 6.92 Å². The van der Waals surface area contributed by atoms with E-state index in [9.17, 15) is 5.11 Å². The Balaban J connectivity index is 2.25. The Morgan fingerprint density at radius 1 is 1.58 bits per heavy atom. The van der Waals surface area contributed by atoms with E-state index in [1.54, 1.807) is 0 Å². The van der Waals surface area contributed by atoms with Gasteiger partial charge in [-0.2, -0.15) is 0 Å². The van der Waals surface area contributed by atoms with Gasteiger partial charge in [0.1, 0.15) is 0 Å². The molecule has 1 heteroatoms. The third kappa shape index (κ3) is 1.16. The zero-order valence-corrected chi connectivity index (χ0v) is 7.43. The van der Waals surface area contributed by atoms with Gasteiger partial charge in [-0.25, -0.2) is 0 Å². The lowest BCUT2D eigenvalue weighted by Gasteiger charge is -2.24. The molecule has 2 rings (SSSR count). The van der Waals surface area contributed by atoms with Gasteiger partial charge in [0.15, 0.2) is 0 Å². The van der Waals surface area contributed by atoms with E-state index >= 15 is 0 Å². The summed E-state index contributed by atoms with van der Waals surface area (Å²) in [6.45, 7) is 2.00. The standard InChI is InChI=1S/C11H14O/c1-2-11(12)10-6-4-8-3-5-9(8)7-10/h4,11-12H,2-3,5-6H2,1H3. The molecule has 0 aromatic carbocycles. The molecule has 2 aliphatic rings. The lowest BCUT2D eigenvalue weighted by molar-refractivity contribution is 0.204. The highest BCUT2D eigenvalue weighted by Crippen LogP contribution is 2.36. The van der Waals surface area contributed by atoms with E-state index in [0.717, 1.165) is 24.8 Å². The summed E-state index contributed by atoms with van der Waals surface area (Å²) in [5, 5.41) is 9.57. The van der Waals surface area contributed by atoms with Crippen LogP contribution in [0.2, 0.25) is 0 Å². The smallest absolute Gasteiger partial charge is 0.0824 e. The molecular formula is C11H14O. The van der Waals surface area contributed by atoms with Crippen LogP contribution in [0.25, 0.3) is 0 Å². The average molecular weight is 162 g/mol. The Bertz CT molecular complexity index is 290. The Hall–Kier alpha value is -0.780. The number of fused-ring (bicyclic) bond motifs is 1. The van der Waals surface area contributed by atoms with Gasteiger partial charge in [0, 0.05) is 5.57 Å². The van der Waals surface area contributed by atoms with Crippen molar-refractivity contribution in [2.24, 2.45) is 0 Å². The molecule has 2 aliphatic carbocycles. The molecule has 0 heterocycles. The fourth-order valence-electron chi connectivity index (χ4n) is 1.71. The molecular weight excluding hydrogens is 148 g/mol. The summed E-state index contributed by atoms with van der Waals surface area (Å²) >= 11 is 0. The fourth-order valence-corrected chi connectivity index (χ4v) is 1.71. The molecule has 0 radical (unpaired) electrons. The molecule has 0 aromatic heterocycles. The number of aliphatic hydroxyl groups is 1. The largest absolute Gasteiger partial charge is 0.388 e. The maximum atomic E-state index is 9.57. The van der Waals surface area contributed by atoms with Crippen molar-refractivity contribution in [3.8, 4) is 0 Å². The van der Waals surface area contributed by atoms with Crippen molar-refractivity contribution in [3.05, 3.63) is 28.5 Å². The minimum absolute atomic E-state index is 0.268. The van der Waals surface area contributed by atoms with Crippen LogP contribution < -0.4 is 0 Å². The Morgan fingerprint density at radius 2 is 2.42 bits per heavy atom. The maximum Gasteiger partial charge on any atom is 0.0824 e. The van der Waals surface area contributed by atoms with Crippen molar-refractivity contribution in [2.45, 2.75) is 38.7 Å². The second-order valence-electron chi connectivity index (χ2n) is 3.49. The van der Waals surface area contributed by atoms with Crippen LogP contribution in [0.15, 0.2) is 28.5 Å². The van der Waals surface area contributed by atoms with Crippen LogP contribution in [0.4, 0.5) is 0 Å². The SMILES string of the molecule is CCC(O)C1=C=C2CCC2=CC1. The quantitative estimate of drug-likeness (QED) is 0.618. The first-order valence-corrected chi connectivity index (χ1v) is 4.67. The van der Waals surface area contributed by atoms with Crippen molar-refractivity contribution >= 4 is 0 Å². The molecule has 0 aliphatic heterocycles. The summed E-state index contributed by atoms with van der Waals surface area (Å²) in [6, 6.07) is 0. The first-order chi connectivity index (χ1) is 5.81. The summed E-state index contributed by atoms with van der Waals surface area (Å²) in [5.41, 5.74) is 7.20. The number of aliphatic hydroxyl groups excluding tert-OH is 1. The van der Waals surface area contributed by atoms with Crippen LogP contribution >= 0.6 is 0 Å². The molecule has 64 valence electrons. The van der Waals surface area contributed by atoms with Gasteiger partial charge in [0.05, 0.1) is 6.10 Å². The van der Waals surface area contributed by atoms with Crippen molar-refractivity contribution in [2.75, 3.05) is 0 Å². The third-order valence-electron chi connectivity index (χ3n) is 2.70. The number of hydrogen-bond acceptors (Lipinski definition) is 1. The highest BCUT2D eigenvalue weighted by molar-refractivity contribution is 5.44. The van der Waals surface area contributed by atoms with Crippen LogP contribution in [-0.2, 0) is 0 Å². The van der Waals surface area contributed by atoms with E-state index in [-0.39, 0.29) is 6.10 Å². The zero-order chi connectivity index (χ0) is 8.55. The molecule has 0 saturated heterocycles. The molecule has 1 atom stereocenters. The van der Waals surface area contributed by atoms with Crippen molar-refractivity contribution in [3.63, 3.8) is 0 Å². The lowest BCUT2D eigenvalue weighted by atomic mass is 9.81. The van der Waals surface area contributed by atoms with Gasteiger partial charge < -0.3 is 5.11 Å². The molecule has 1 fully saturated rings.